The van der Waals surface area contributed by atoms with E-state index in [1.165, 1.54) is 0 Å². The Hall–Kier alpha value is -1.89. The van der Waals surface area contributed by atoms with Crippen LogP contribution in [0.3, 0.4) is 0 Å². The van der Waals surface area contributed by atoms with Crippen LogP contribution in [0.25, 0.3) is 0 Å². The maximum absolute atomic E-state index is 13.8. The second-order valence-electron chi connectivity index (χ2n) is 9.90. The lowest BCUT2D eigenvalue weighted by atomic mass is 9.82. The molecule has 0 saturated heterocycles. The molecule has 190 valence electrons. The molecule has 3 N–H and O–H groups in total. The molecule has 1 aliphatic rings. The van der Waals surface area contributed by atoms with Gasteiger partial charge in [0.05, 0.1) is 11.6 Å². The number of rotatable bonds is 13. The lowest BCUT2D eigenvalue weighted by Crippen LogP contribution is -2.62. The first kappa shape index (κ1) is 29.1. The van der Waals surface area contributed by atoms with E-state index in [1.807, 2.05) is 27.7 Å². The summed E-state index contributed by atoms with van der Waals surface area (Å²) in [6.45, 7) is 12.3. The molecule has 1 fully saturated rings. The largest absolute Gasteiger partial charge is 0.478 e. The van der Waals surface area contributed by atoms with Crippen molar-refractivity contribution in [2.45, 2.75) is 111 Å². The first-order valence-corrected chi connectivity index (χ1v) is 12.8. The van der Waals surface area contributed by atoms with Gasteiger partial charge in [-0.3, -0.25) is 9.59 Å². The summed E-state index contributed by atoms with van der Waals surface area (Å²) in [7, 11) is 1.73. The van der Waals surface area contributed by atoms with Gasteiger partial charge in [0, 0.05) is 12.6 Å². The van der Waals surface area contributed by atoms with Gasteiger partial charge in [0.15, 0.2) is 0 Å². The number of carboxylic acid groups (broad SMARTS) is 1. The lowest BCUT2D eigenvalue weighted by Gasteiger charge is -2.39. The maximum Gasteiger partial charge on any atom is 0.331 e. The molecule has 1 saturated carbocycles. The van der Waals surface area contributed by atoms with Gasteiger partial charge in [-0.2, -0.15) is 0 Å². The quantitative estimate of drug-likeness (QED) is 0.355. The highest BCUT2D eigenvalue weighted by Crippen LogP contribution is 2.29. The Morgan fingerprint density at radius 3 is 2.12 bits per heavy atom. The van der Waals surface area contributed by atoms with E-state index >= 15 is 0 Å². The minimum atomic E-state index is -0.990. The Bertz CT molecular complexity index is 679. The predicted molar refractivity (Wildman–Crippen MR) is 133 cm³/mol. The Kier molecular flexibility index (Phi) is 12.1. The molecule has 0 spiro atoms. The molecule has 0 aromatic carbocycles. The summed E-state index contributed by atoms with van der Waals surface area (Å²) < 4.78 is 0. The second-order valence-corrected chi connectivity index (χ2v) is 9.90. The van der Waals surface area contributed by atoms with Crippen LogP contribution in [0.2, 0.25) is 0 Å². The van der Waals surface area contributed by atoms with E-state index in [1.54, 1.807) is 24.9 Å². The first-order valence-electron chi connectivity index (χ1n) is 12.8. The molecule has 33 heavy (non-hydrogen) atoms. The SMILES string of the molecule is CCCNC(CC)(CC)C(=O)N[C@H](C(=O)N(C)[C@H](/C=C(\C)C(=O)O)C(C)C)C1CCCCC1. The van der Waals surface area contributed by atoms with Crippen LogP contribution >= 0.6 is 0 Å². The normalized spacial score (nSPS) is 17.5. The highest BCUT2D eigenvalue weighted by Gasteiger charge is 2.40. The van der Waals surface area contributed by atoms with Crippen LogP contribution in [0.4, 0.5) is 0 Å². The average molecular weight is 466 g/mol. The molecule has 1 aliphatic carbocycles. The van der Waals surface area contributed by atoms with Crippen molar-refractivity contribution in [3.63, 3.8) is 0 Å². The number of nitrogens with zero attached hydrogens (tertiary/aromatic N) is 1. The van der Waals surface area contributed by atoms with E-state index in [0.717, 1.165) is 45.1 Å². The number of hydrogen-bond donors (Lipinski definition) is 3. The van der Waals surface area contributed by atoms with Gasteiger partial charge < -0.3 is 20.6 Å². The molecule has 0 radical (unpaired) electrons. The van der Waals surface area contributed by atoms with Crippen LogP contribution in [0, 0.1) is 11.8 Å². The fourth-order valence-corrected chi connectivity index (χ4v) is 4.84. The Morgan fingerprint density at radius 1 is 1.09 bits per heavy atom. The number of nitrogens with one attached hydrogen (secondary N) is 2. The van der Waals surface area contributed by atoms with Crippen molar-refractivity contribution in [2.75, 3.05) is 13.6 Å². The molecule has 0 bridgehead atoms. The van der Waals surface area contributed by atoms with Gasteiger partial charge in [-0.15, -0.1) is 0 Å². The third kappa shape index (κ3) is 7.83. The van der Waals surface area contributed by atoms with Crippen molar-refractivity contribution < 1.29 is 19.5 Å². The molecular formula is C26H47N3O4. The fourth-order valence-electron chi connectivity index (χ4n) is 4.84. The van der Waals surface area contributed by atoms with Crippen LogP contribution in [-0.2, 0) is 14.4 Å². The average Bonchev–Trinajstić information content (AvgIpc) is 2.81. The molecule has 7 nitrogen and oxygen atoms in total. The monoisotopic (exact) mass is 465 g/mol. The second kappa shape index (κ2) is 13.7. The molecular weight excluding hydrogens is 418 g/mol. The van der Waals surface area contributed by atoms with E-state index in [0.29, 0.717) is 12.8 Å². The maximum atomic E-state index is 13.8. The van der Waals surface area contributed by atoms with Gasteiger partial charge in [0.25, 0.3) is 0 Å². The van der Waals surface area contributed by atoms with Crippen LogP contribution in [0.5, 0.6) is 0 Å². The Balaban J connectivity index is 3.26. The zero-order valence-corrected chi connectivity index (χ0v) is 21.9. The third-order valence-corrected chi connectivity index (χ3v) is 7.27. The topological polar surface area (TPSA) is 98.7 Å². The Morgan fingerprint density at radius 2 is 1.67 bits per heavy atom. The number of aliphatic carboxylic acids is 1. The van der Waals surface area contributed by atoms with Crippen LogP contribution in [-0.4, -0.2) is 59.0 Å². The molecule has 0 heterocycles. The Labute approximate surface area is 200 Å². The van der Waals surface area contributed by atoms with Crippen molar-refractivity contribution in [2.24, 2.45) is 11.8 Å². The summed E-state index contributed by atoms with van der Waals surface area (Å²) in [6, 6.07) is -0.972. The molecule has 0 aromatic rings. The minimum Gasteiger partial charge on any atom is -0.478 e. The first-order chi connectivity index (χ1) is 15.5. The summed E-state index contributed by atoms with van der Waals surface area (Å²) in [5.41, 5.74) is -0.481. The van der Waals surface area contributed by atoms with Crippen molar-refractivity contribution in [1.82, 2.24) is 15.5 Å². The number of likely N-dealkylation sites (N-methyl/N-ethyl adjacent to an activating group) is 1. The zero-order valence-electron chi connectivity index (χ0n) is 21.9. The molecule has 0 unspecified atom stereocenters. The van der Waals surface area contributed by atoms with Crippen LogP contribution in [0.15, 0.2) is 11.6 Å². The number of carboxylic acids is 1. The van der Waals surface area contributed by atoms with Crippen LogP contribution < -0.4 is 10.6 Å². The standard InChI is InChI=1S/C26H47N3O4/c1-8-16-27-26(9-2,10-3)25(33)28-22(20-14-12-11-13-15-20)23(30)29(7)21(18(4)5)17-19(6)24(31)32/h17-18,20-22,27H,8-16H2,1-7H3,(H,28,33)(H,31,32)/b19-17+/t21-,22+/m1/s1. The van der Waals surface area contributed by atoms with Crippen molar-refractivity contribution >= 4 is 17.8 Å². The van der Waals surface area contributed by atoms with Crippen molar-refractivity contribution in [3.05, 3.63) is 11.6 Å². The predicted octanol–water partition coefficient (Wildman–Crippen LogP) is 4.12. The number of carbonyl (C=O) groups excluding carboxylic acids is 2. The number of hydrogen-bond acceptors (Lipinski definition) is 4. The van der Waals surface area contributed by atoms with Gasteiger partial charge in [-0.25, -0.2) is 4.79 Å². The molecule has 0 aromatic heterocycles. The van der Waals surface area contributed by atoms with E-state index in [4.69, 9.17) is 0 Å². The van der Waals surface area contributed by atoms with E-state index in [9.17, 15) is 19.5 Å². The highest BCUT2D eigenvalue weighted by atomic mass is 16.4. The summed E-state index contributed by atoms with van der Waals surface area (Å²) in [4.78, 5) is 40.4. The molecule has 2 atom stereocenters. The van der Waals surface area contributed by atoms with Gasteiger partial charge in [0.2, 0.25) is 11.8 Å². The van der Waals surface area contributed by atoms with Crippen molar-refractivity contribution in [1.29, 1.82) is 0 Å². The van der Waals surface area contributed by atoms with Gasteiger partial charge >= 0.3 is 5.97 Å². The van der Waals surface area contributed by atoms with Crippen LogP contribution in [0.1, 0.15) is 92.9 Å². The number of carbonyl (C=O) groups is 3. The van der Waals surface area contributed by atoms with E-state index in [2.05, 4.69) is 17.6 Å². The van der Waals surface area contributed by atoms with Gasteiger partial charge in [-0.05, 0) is 57.4 Å². The minimum absolute atomic E-state index is 0.0348. The number of amides is 2. The summed E-state index contributed by atoms with van der Waals surface area (Å²) in [5, 5.41) is 15.9. The molecule has 7 heteroatoms. The van der Waals surface area contributed by atoms with E-state index < -0.39 is 17.6 Å². The molecule has 2 amide bonds. The molecule has 1 rings (SSSR count). The van der Waals surface area contributed by atoms with Gasteiger partial charge in [0.1, 0.15) is 6.04 Å². The fraction of sp³-hybridized carbons (Fsp3) is 0.808. The zero-order chi connectivity index (χ0) is 25.2. The van der Waals surface area contributed by atoms with Crippen molar-refractivity contribution in [3.8, 4) is 0 Å². The third-order valence-electron chi connectivity index (χ3n) is 7.27. The summed E-state index contributed by atoms with van der Waals surface area (Å²) in [5.74, 6) is -1.12. The highest BCUT2D eigenvalue weighted by molar-refractivity contribution is 5.92. The van der Waals surface area contributed by atoms with Gasteiger partial charge in [-0.1, -0.05) is 60.0 Å². The summed E-state index contributed by atoms with van der Waals surface area (Å²) in [6.07, 6.45) is 8.95. The smallest absolute Gasteiger partial charge is 0.331 e. The lowest BCUT2D eigenvalue weighted by molar-refractivity contribution is -0.141. The summed E-state index contributed by atoms with van der Waals surface area (Å²) >= 11 is 0. The molecule has 0 aliphatic heterocycles. The van der Waals surface area contributed by atoms with E-state index in [-0.39, 0.29) is 35.3 Å².